The fourth-order valence-electron chi connectivity index (χ4n) is 3.78. The number of aromatic nitrogens is 3. The molecule has 0 aliphatic rings. The van der Waals surface area contributed by atoms with E-state index in [0.717, 1.165) is 33.8 Å². The van der Waals surface area contributed by atoms with Crippen LogP contribution < -0.4 is 14.8 Å². The van der Waals surface area contributed by atoms with Gasteiger partial charge in [0.2, 0.25) is 5.91 Å². The van der Waals surface area contributed by atoms with E-state index in [1.165, 1.54) is 0 Å². The van der Waals surface area contributed by atoms with Gasteiger partial charge in [-0.1, -0.05) is 24.3 Å². The summed E-state index contributed by atoms with van der Waals surface area (Å²) in [4.78, 5) is 21.4. The van der Waals surface area contributed by atoms with Crippen LogP contribution in [-0.2, 0) is 17.8 Å². The third-order valence-corrected chi connectivity index (χ3v) is 5.38. The summed E-state index contributed by atoms with van der Waals surface area (Å²) in [5.41, 5.74) is 4.68. The largest absolute Gasteiger partial charge is 0.493 e. The molecule has 7 nitrogen and oxygen atoms in total. The quantitative estimate of drug-likeness (QED) is 0.457. The fourth-order valence-corrected chi connectivity index (χ4v) is 3.78. The zero-order valence-corrected chi connectivity index (χ0v) is 18.5. The monoisotopic (exact) mass is 430 g/mol. The molecule has 0 aliphatic carbocycles. The number of imidazole rings is 1. The van der Waals surface area contributed by atoms with Crippen molar-refractivity contribution in [3.63, 3.8) is 0 Å². The van der Waals surface area contributed by atoms with Crippen LogP contribution in [-0.4, -0.2) is 34.7 Å². The molecular weight excluding hydrogens is 404 g/mol. The number of rotatable bonds is 8. The van der Waals surface area contributed by atoms with Crippen molar-refractivity contribution in [2.75, 3.05) is 14.2 Å². The molecule has 32 heavy (non-hydrogen) atoms. The molecule has 0 spiro atoms. The Morgan fingerprint density at radius 3 is 2.59 bits per heavy atom. The van der Waals surface area contributed by atoms with Gasteiger partial charge in [0.1, 0.15) is 11.3 Å². The minimum absolute atomic E-state index is 0.0143. The Hall–Kier alpha value is -3.87. The van der Waals surface area contributed by atoms with Crippen molar-refractivity contribution in [1.82, 2.24) is 19.9 Å². The zero-order valence-electron chi connectivity index (χ0n) is 18.5. The van der Waals surface area contributed by atoms with Crippen molar-refractivity contribution in [1.29, 1.82) is 0 Å². The second-order valence-corrected chi connectivity index (χ2v) is 7.44. The molecule has 0 unspecified atom stereocenters. The summed E-state index contributed by atoms with van der Waals surface area (Å²) in [6, 6.07) is 17.6. The lowest BCUT2D eigenvalue weighted by atomic mass is 10.1. The van der Waals surface area contributed by atoms with Crippen molar-refractivity contribution in [3.8, 4) is 17.2 Å². The Balaban J connectivity index is 1.37. The topological polar surface area (TPSA) is 78.3 Å². The maximum atomic E-state index is 12.4. The third-order valence-electron chi connectivity index (χ3n) is 5.38. The van der Waals surface area contributed by atoms with Gasteiger partial charge in [0.15, 0.2) is 17.1 Å². The first-order chi connectivity index (χ1) is 15.6. The van der Waals surface area contributed by atoms with Crippen LogP contribution in [0.2, 0.25) is 0 Å². The zero-order chi connectivity index (χ0) is 22.5. The Morgan fingerprint density at radius 1 is 1.03 bits per heavy atom. The third kappa shape index (κ3) is 4.42. The van der Waals surface area contributed by atoms with Crippen molar-refractivity contribution in [3.05, 3.63) is 77.7 Å². The summed E-state index contributed by atoms with van der Waals surface area (Å²) < 4.78 is 12.8. The summed E-state index contributed by atoms with van der Waals surface area (Å²) in [5.74, 6) is 2.16. The standard InChI is InChI=1S/C25H26N4O3/c1-17-28-21-7-5-15-26-25(21)29(17)20-12-9-18(10-13-20)11-14-23(30)27-16-19-6-4-8-22(31-2)24(19)32-3/h4-10,12-13,15H,11,14,16H2,1-3H3,(H,27,30). The van der Waals surface area contributed by atoms with Crippen LogP contribution in [0.4, 0.5) is 0 Å². The van der Waals surface area contributed by atoms with Crippen molar-refractivity contribution >= 4 is 17.1 Å². The van der Waals surface area contributed by atoms with Gasteiger partial charge in [-0.05, 0) is 49.2 Å². The SMILES string of the molecule is COc1cccc(CNC(=O)CCc2ccc(-n3c(C)nc4cccnc43)cc2)c1OC. The van der Waals surface area contributed by atoms with E-state index in [0.29, 0.717) is 30.9 Å². The van der Waals surface area contributed by atoms with Crippen LogP contribution in [0, 0.1) is 6.92 Å². The number of benzene rings is 2. The number of nitrogens with one attached hydrogen (secondary N) is 1. The van der Waals surface area contributed by atoms with E-state index in [9.17, 15) is 4.79 Å². The molecule has 0 bridgehead atoms. The molecule has 164 valence electrons. The number of ether oxygens (including phenoxy) is 2. The van der Waals surface area contributed by atoms with E-state index < -0.39 is 0 Å². The van der Waals surface area contributed by atoms with Gasteiger partial charge in [-0.3, -0.25) is 9.36 Å². The summed E-state index contributed by atoms with van der Waals surface area (Å²) >= 11 is 0. The predicted octanol–water partition coefficient (Wildman–Crippen LogP) is 4.00. The van der Waals surface area contributed by atoms with Crippen LogP contribution in [0.15, 0.2) is 60.8 Å². The van der Waals surface area contributed by atoms with E-state index in [4.69, 9.17) is 9.47 Å². The summed E-state index contributed by atoms with van der Waals surface area (Å²) in [6.45, 7) is 2.36. The molecule has 2 heterocycles. The predicted molar refractivity (Wildman–Crippen MR) is 123 cm³/mol. The molecule has 2 aromatic carbocycles. The van der Waals surface area contributed by atoms with Gasteiger partial charge in [0, 0.05) is 30.4 Å². The minimum Gasteiger partial charge on any atom is -0.493 e. The van der Waals surface area contributed by atoms with Crippen molar-refractivity contribution in [2.45, 2.75) is 26.3 Å². The number of carbonyl (C=O) groups is 1. The first-order valence-electron chi connectivity index (χ1n) is 10.5. The average Bonchev–Trinajstić information content (AvgIpc) is 3.17. The molecule has 4 aromatic rings. The molecule has 4 rings (SSSR count). The molecule has 0 atom stereocenters. The van der Waals surface area contributed by atoms with Gasteiger partial charge >= 0.3 is 0 Å². The number of carbonyl (C=O) groups excluding carboxylic acids is 1. The van der Waals surface area contributed by atoms with Crippen LogP contribution >= 0.6 is 0 Å². The molecule has 0 saturated carbocycles. The highest BCUT2D eigenvalue weighted by Crippen LogP contribution is 2.30. The van der Waals surface area contributed by atoms with E-state index >= 15 is 0 Å². The first-order valence-corrected chi connectivity index (χ1v) is 10.5. The second-order valence-electron chi connectivity index (χ2n) is 7.44. The molecular formula is C25H26N4O3. The molecule has 0 saturated heterocycles. The highest BCUT2D eigenvalue weighted by atomic mass is 16.5. The van der Waals surface area contributed by atoms with E-state index in [1.807, 2.05) is 66.1 Å². The number of pyridine rings is 1. The van der Waals surface area contributed by atoms with Gasteiger partial charge in [-0.25, -0.2) is 9.97 Å². The lowest BCUT2D eigenvalue weighted by molar-refractivity contribution is -0.121. The number of methoxy groups -OCH3 is 2. The number of hydrogen-bond donors (Lipinski definition) is 1. The lowest BCUT2D eigenvalue weighted by Crippen LogP contribution is -2.23. The molecule has 2 aromatic heterocycles. The highest BCUT2D eigenvalue weighted by Gasteiger charge is 2.12. The van der Waals surface area contributed by atoms with Gasteiger partial charge in [-0.15, -0.1) is 0 Å². The molecule has 1 amide bonds. The Bertz CT molecular complexity index is 1230. The maximum absolute atomic E-state index is 12.4. The molecule has 0 radical (unpaired) electrons. The normalized spacial score (nSPS) is 10.8. The Kier molecular flexibility index (Phi) is 6.35. The van der Waals surface area contributed by atoms with Gasteiger partial charge in [0.25, 0.3) is 0 Å². The number of fused-ring (bicyclic) bond motifs is 1. The van der Waals surface area contributed by atoms with Crippen LogP contribution in [0.25, 0.3) is 16.9 Å². The molecule has 0 fully saturated rings. The second kappa shape index (κ2) is 9.51. The van der Waals surface area contributed by atoms with E-state index in [-0.39, 0.29) is 5.91 Å². The number of hydrogen-bond acceptors (Lipinski definition) is 5. The number of para-hydroxylation sites is 1. The summed E-state index contributed by atoms with van der Waals surface area (Å²) in [6.07, 6.45) is 2.83. The lowest BCUT2D eigenvalue weighted by Gasteiger charge is -2.13. The van der Waals surface area contributed by atoms with Crippen LogP contribution in [0.1, 0.15) is 23.4 Å². The number of aryl methyl sites for hydroxylation is 2. The maximum Gasteiger partial charge on any atom is 0.220 e. The summed E-state index contributed by atoms with van der Waals surface area (Å²) in [5, 5.41) is 2.96. The van der Waals surface area contributed by atoms with Gasteiger partial charge in [0.05, 0.1) is 14.2 Å². The van der Waals surface area contributed by atoms with Crippen LogP contribution in [0.3, 0.4) is 0 Å². The summed E-state index contributed by atoms with van der Waals surface area (Å²) in [7, 11) is 3.19. The van der Waals surface area contributed by atoms with E-state index in [2.05, 4.69) is 15.3 Å². The number of amides is 1. The van der Waals surface area contributed by atoms with Crippen molar-refractivity contribution < 1.29 is 14.3 Å². The number of nitrogens with zero attached hydrogens (tertiary/aromatic N) is 3. The molecule has 7 heteroatoms. The molecule has 1 N–H and O–H groups in total. The van der Waals surface area contributed by atoms with Crippen LogP contribution in [0.5, 0.6) is 11.5 Å². The smallest absolute Gasteiger partial charge is 0.220 e. The van der Waals surface area contributed by atoms with Crippen molar-refractivity contribution in [2.24, 2.45) is 0 Å². The highest BCUT2D eigenvalue weighted by molar-refractivity contribution is 5.76. The molecule has 0 aliphatic heterocycles. The van der Waals surface area contributed by atoms with Gasteiger partial charge in [-0.2, -0.15) is 0 Å². The first kappa shape index (κ1) is 21.4. The fraction of sp³-hybridized carbons (Fsp3) is 0.240. The van der Waals surface area contributed by atoms with E-state index in [1.54, 1.807) is 20.4 Å². The minimum atomic E-state index is -0.0143. The van der Waals surface area contributed by atoms with Gasteiger partial charge < -0.3 is 14.8 Å². The Labute approximate surface area is 187 Å². The average molecular weight is 431 g/mol. The Morgan fingerprint density at radius 2 is 1.84 bits per heavy atom.